The minimum atomic E-state index is 0.0564. The van der Waals surface area contributed by atoms with Gasteiger partial charge in [-0.1, -0.05) is 0 Å². The first kappa shape index (κ1) is 11.7. The van der Waals surface area contributed by atoms with E-state index < -0.39 is 0 Å². The molecular formula is C13H17N3OS. The number of hydrogen-bond donors (Lipinski definition) is 1. The molecule has 2 N–H and O–H groups in total. The second kappa shape index (κ2) is 4.74. The van der Waals surface area contributed by atoms with E-state index in [2.05, 4.69) is 9.88 Å². The van der Waals surface area contributed by atoms with Crippen LogP contribution in [0.25, 0.3) is 0 Å². The third kappa shape index (κ3) is 2.42. The zero-order valence-electron chi connectivity index (χ0n) is 10.4. The largest absolute Gasteiger partial charge is 0.467 e. The van der Waals surface area contributed by atoms with Crippen LogP contribution in [0.1, 0.15) is 36.4 Å². The van der Waals surface area contributed by atoms with Crippen molar-refractivity contribution in [2.45, 2.75) is 38.4 Å². The van der Waals surface area contributed by atoms with Crippen LogP contribution < -0.4 is 10.6 Å². The molecule has 0 saturated heterocycles. The first-order valence-electron chi connectivity index (χ1n) is 6.24. The standard InChI is InChI=1S/C13H17N3OS/c1-9(14)12-7-15-13(18-12)16(10-4-5-10)8-11-3-2-6-17-11/h2-3,6-7,9-10H,4-5,8,14H2,1H3. The van der Waals surface area contributed by atoms with Gasteiger partial charge in [0.1, 0.15) is 5.76 Å². The van der Waals surface area contributed by atoms with Crippen molar-refractivity contribution in [3.05, 3.63) is 35.2 Å². The molecule has 1 saturated carbocycles. The highest BCUT2D eigenvalue weighted by molar-refractivity contribution is 7.15. The molecule has 0 radical (unpaired) electrons. The van der Waals surface area contributed by atoms with Crippen molar-refractivity contribution in [1.82, 2.24) is 4.98 Å². The van der Waals surface area contributed by atoms with Gasteiger partial charge in [0.15, 0.2) is 5.13 Å². The zero-order valence-corrected chi connectivity index (χ0v) is 11.2. The first-order valence-corrected chi connectivity index (χ1v) is 7.06. The van der Waals surface area contributed by atoms with Crippen molar-refractivity contribution < 1.29 is 4.42 Å². The van der Waals surface area contributed by atoms with Crippen molar-refractivity contribution in [3.8, 4) is 0 Å². The molecule has 1 unspecified atom stereocenters. The molecule has 5 heteroatoms. The Bertz CT molecular complexity index is 502. The van der Waals surface area contributed by atoms with Crippen molar-refractivity contribution in [1.29, 1.82) is 0 Å². The van der Waals surface area contributed by atoms with Crippen LogP contribution >= 0.6 is 11.3 Å². The maximum Gasteiger partial charge on any atom is 0.186 e. The van der Waals surface area contributed by atoms with E-state index in [1.807, 2.05) is 25.3 Å². The molecule has 2 aromatic rings. The quantitative estimate of drug-likeness (QED) is 0.901. The number of aromatic nitrogens is 1. The Morgan fingerprint density at radius 3 is 3.00 bits per heavy atom. The van der Waals surface area contributed by atoms with Gasteiger partial charge < -0.3 is 15.1 Å². The third-order valence-corrected chi connectivity index (χ3v) is 4.34. The van der Waals surface area contributed by atoms with E-state index in [1.54, 1.807) is 17.6 Å². The summed E-state index contributed by atoms with van der Waals surface area (Å²) < 4.78 is 5.43. The molecule has 0 aliphatic heterocycles. The Labute approximate surface area is 110 Å². The van der Waals surface area contributed by atoms with Gasteiger partial charge in [-0.05, 0) is 31.9 Å². The molecule has 1 fully saturated rings. The van der Waals surface area contributed by atoms with Crippen LogP contribution in [-0.2, 0) is 6.54 Å². The predicted molar refractivity (Wildman–Crippen MR) is 72.6 cm³/mol. The van der Waals surface area contributed by atoms with Gasteiger partial charge in [0.2, 0.25) is 0 Å². The van der Waals surface area contributed by atoms with Crippen LogP contribution in [0.4, 0.5) is 5.13 Å². The molecular weight excluding hydrogens is 246 g/mol. The normalized spacial score (nSPS) is 16.8. The third-order valence-electron chi connectivity index (χ3n) is 3.10. The summed E-state index contributed by atoms with van der Waals surface area (Å²) in [7, 11) is 0. The molecule has 0 aromatic carbocycles. The van der Waals surface area contributed by atoms with Crippen molar-refractivity contribution >= 4 is 16.5 Å². The number of hydrogen-bond acceptors (Lipinski definition) is 5. The Hall–Kier alpha value is -1.33. The second-order valence-electron chi connectivity index (χ2n) is 4.77. The molecule has 2 aromatic heterocycles. The lowest BCUT2D eigenvalue weighted by Crippen LogP contribution is -2.24. The van der Waals surface area contributed by atoms with Crippen LogP contribution in [0.2, 0.25) is 0 Å². The summed E-state index contributed by atoms with van der Waals surface area (Å²) in [5, 5.41) is 1.06. The summed E-state index contributed by atoms with van der Waals surface area (Å²) in [4.78, 5) is 7.97. The molecule has 1 atom stereocenters. The molecule has 18 heavy (non-hydrogen) atoms. The summed E-state index contributed by atoms with van der Waals surface area (Å²) >= 11 is 1.69. The predicted octanol–water partition coefficient (Wildman–Crippen LogP) is 2.92. The summed E-state index contributed by atoms with van der Waals surface area (Å²) in [6.45, 7) is 2.79. The summed E-state index contributed by atoms with van der Waals surface area (Å²) in [6.07, 6.45) is 6.10. The van der Waals surface area contributed by atoms with E-state index >= 15 is 0 Å². The Balaban J connectivity index is 1.80. The topological polar surface area (TPSA) is 55.3 Å². The lowest BCUT2D eigenvalue weighted by atomic mass is 10.3. The van der Waals surface area contributed by atoms with Crippen LogP contribution in [0.5, 0.6) is 0 Å². The van der Waals surface area contributed by atoms with Gasteiger partial charge in [0.25, 0.3) is 0 Å². The van der Waals surface area contributed by atoms with Crippen LogP contribution in [0.15, 0.2) is 29.0 Å². The highest BCUT2D eigenvalue weighted by atomic mass is 32.1. The van der Waals surface area contributed by atoms with Crippen molar-refractivity contribution in [3.63, 3.8) is 0 Å². The fourth-order valence-electron chi connectivity index (χ4n) is 1.93. The van der Waals surface area contributed by atoms with Crippen LogP contribution in [0.3, 0.4) is 0 Å². The number of thiazole rings is 1. The van der Waals surface area contributed by atoms with Gasteiger partial charge >= 0.3 is 0 Å². The number of furan rings is 1. The van der Waals surface area contributed by atoms with E-state index in [1.165, 1.54) is 12.8 Å². The average molecular weight is 263 g/mol. The molecule has 96 valence electrons. The minimum Gasteiger partial charge on any atom is -0.467 e. The Morgan fingerprint density at radius 1 is 1.61 bits per heavy atom. The summed E-state index contributed by atoms with van der Waals surface area (Å²) in [5.74, 6) is 0.986. The Kier molecular flexibility index (Phi) is 3.09. The molecule has 0 bridgehead atoms. The molecule has 3 rings (SSSR count). The van der Waals surface area contributed by atoms with Crippen molar-refractivity contribution in [2.24, 2.45) is 5.73 Å². The number of nitrogens with zero attached hydrogens (tertiary/aromatic N) is 2. The highest BCUT2D eigenvalue weighted by Crippen LogP contribution is 2.36. The van der Waals surface area contributed by atoms with Gasteiger partial charge in [-0.3, -0.25) is 0 Å². The average Bonchev–Trinajstić information content (AvgIpc) is 2.88. The highest BCUT2D eigenvalue weighted by Gasteiger charge is 2.31. The lowest BCUT2D eigenvalue weighted by Gasteiger charge is -2.19. The van der Waals surface area contributed by atoms with Crippen LogP contribution in [-0.4, -0.2) is 11.0 Å². The molecule has 1 aliphatic carbocycles. The van der Waals surface area contributed by atoms with E-state index in [0.717, 1.165) is 22.3 Å². The van der Waals surface area contributed by atoms with Crippen molar-refractivity contribution in [2.75, 3.05) is 4.90 Å². The number of nitrogens with two attached hydrogens (primary N) is 1. The van der Waals surface area contributed by atoms with Gasteiger partial charge in [-0.2, -0.15) is 0 Å². The van der Waals surface area contributed by atoms with Gasteiger partial charge in [-0.15, -0.1) is 11.3 Å². The maximum atomic E-state index is 5.89. The number of rotatable bonds is 5. The van der Waals surface area contributed by atoms with Gasteiger partial charge in [0, 0.05) is 23.2 Å². The Morgan fingerprint density at radius 2 is 2.44 bits per heavy atom. The lowest BCUT2D eigenvalue weighted by molar-refractivity contribution is 0.501. The summed E-state index contributed by atoms with van der Waals surface area (Å²) in [5.41, 5.74) is 5.89. The van der Waals surface area contributed by atoms with Crippen LogP contribution in [0, 0.1) is 0 Å². The molecule has 4 nitrogen and oxygen atoms in total. The van der Waals surface area contributed by atoms with Gasteiger partial charge in [-0.25, -0.2) is 4.98 Å². The second-order valence-corrected chi connectivity index (χ2v) is 5.81. The molecule has 2 heterocycles. The molecule has 1 aliphatic rings. The summed E-state index contributed by atoms with van der Waals surface area (Å²) in [6, 6.07) is 4.61. The SMILES string of the molecule is CC(N)c1cnc(N(Cc2ccco2)C2CC2)s1. The van der Waals surface area contributed by atoms with Gasteiger partial charge in [0.05, 0.1) is 12.8 Å². The van der Waals surface area contributed by atoms with E-state index in [-0.39, 0.29) is 6.04 Å². The van der Waals surface area contributed by atoms with E-state index in [0.29, 0.717) is 6.04 Å². The zero-order chi connectivity index (χ0) is 12.5. The fourth-order valence-corrected chi connectivity index (χ4v) is 2.87. The number of anilines is 1. The monoisotopic (exact) mass is 263 g/mol. The first-order chi connectivity index (χ1) is 8.74. The molecule has 0 spiro atoms. The maximum absolute atomic E-state index is 5.89. The van der Waals surface area contributed by atoms with E-state index in [4.69, 9.17) is 10.2 Å². The van der Waals surface area contributed by atoms with E-state index in [9.17, 15) is 0 Å². The smallest absolute Gasteiger partial charge is 0.186 e. The minimum absolute atomic E-state index is 0.0564. The molecule has 0 amide bonds. The fraction of sp³-hybridized carbons (Fsp3) is 0.462.